The molecule has 2 aromatic carbocycles. The van der Waals surface area contributed by atoms with Crippen molar-refractivity contribution in [3.63, 3.8) is 0 Å². The van der Waals surface area contributed by atoms with Gasteiger partial charge in [0.25, 0.3) is 11.5 Å². The summed E-state index contributed by atoms with van der Waals surface area (Å²) in [4.78, 5) is 50.4. The highest BCUT2D eigenvalue weighted by molar-refractivity contribution is 6.35. The fourth-order valence-electron chi connectivity index (χ4n) is 6.78. The van der Waals surface area contributed by atoms with E-state index in [-0.39, 0.29) is 64.7 Å². The standard InChI is InChI=1S/C35H34ClF2N5O4/c1-7-25(45)41-13-14-42-23(16-41)34(46)40(6)33-32(42)20-15-21(36)26(27-22(37)9-8-10-24(27)44)28(38)30(20)43(35(33)47)31-19(17(2)3)11-12-39-29(31)18(4)5/h7-12,15,17-18,23,44H,1,13-14,16H2,2-6H3/t23-/m1/s1. The molecule has 2 aliphatic heterocycles. The first-order valence-electron chi connectivity index (χ1n) is 15.3. The number of phenolic OH excluding ortho intramolecular Hbond substituents is 1. The monoisotopic (exact) mass is 661 g/mol. The van der Waals surface area contributed by atoms with E-state index in [2.05, 4.69) is 11.6 Å². The highest BCUT2D eigenvalue weighted by Crippen LogP contribution is 2.47. The maximum absolute atomic E-state index is 17.4. The van der Waals surface area contributed by atoms with Crippen LogP contribution in [-0.2, 0) is 9.59 Å². The molecule has 2 amide bonds. The van der Waals surface area contributed by atoms with Gasteiger partial charge in [-0.1, -0.05) is 51.9 Å². The molecule has 12 heteroatoms. The molecule has 1 saturated heterocycles. The Morgan fingerprint density at radius 1 is 1.06 bits per heavy atom. The average molecular weight is 662 g/mol. The topological polar surface area (TPSA) is 99.0 Å². The van der Waals surface area contributed by atoms with Crippen LogP contribution < -0.4 is 15.4 Å². The zero-order valence-corrected chi connectivity index (χ0v) is 27.4. The minimum atomic E-state index is -1.03. The van der Waals surface area contributed by atoms with Crippen molar-refractivity contribution in [3.8, 4) is 22.6 Å². The molecule has 0 spiro atoms. The minimum absolute atomic E-state index is 0.00691. The molecular weight excluding hydrogens is 628 g/mol. The molecule has 9 nitrogen and oxygen atoms in total. The normalized spacial score (nSPS) is 16.3. The molecule has 0 bridgehead atoms. The van der Waals surface area contributed by atoms with Crippen LogP contribution >= 0.6 is 11.6 Å². The number of phenols is 1. The summed E-state index contributed by atoms with van der Waals surface area (Å²) in [6.45, 7) is 11.6. The fourth-order valence-corrected chi connectivity index (χ4v) is 7.07. The number of benzene rings is 2. The number of carbonyl (C=O) groups is 2. The van der Waals surface area contributed by atoms with Gasteiger partial charge in [0.15, 0.2) is 5.82 Å². The number of amides is 2. The van der Waals surface area contributed by atoms with Crippen molar-refractivity contribution in [1.82, 2.24) is 14.5 Å². The number of nitrogens with zero attached hydrogens (tertiary/aromatic N) is 5. The van der Waals surface area contributed by atoms with Crippen LogP contribution in [0.3, 0.4) is 0 Å². The van der Waals surface area contributed by atoms with Crippen molar-refractivity contribution in [3.05, 3.63) is 87.5 Å². The van der Waals surface area contributed by atoms with E-state index in [0.717, 1.165) is 6.07 Å². The molecule has 0 aliphatic carbocycles. The molecule has 2 aromatic heterocycles. The molecule has 244 valence electrons. The van der Waals surface area contributed by atoms with Crippen molar-refractivity contribution in [2.45, 2.75) is 45.6 Å². The fraction of sp³-hybridized carbons (Fsp3) is 0.314. The lowest BCUT2D eigenvalue weighted by Gasteiger charge is -2.47. The predicted octanol–water partition coefficient (Wildman–Crippen LogP) is 6.12. The molecule has 2 aliphatic rings. The van der Waals surface area contributed by atoms with Gasteiger partial charge in [-0.2, -0.15) is 0 Å². The van der Waals surface area contributed by atoms with E-state index in [1.165, 1.54) is 45.7 Å². The van der Waals surface area contributed by atoms with E-state index in [4.69, 9.17) is 11.6 Å². The number of likely N-dealkylation sites (N-methyl/N-ethyl adjacent to an activating group) is 1. The maximum atomic E-state index is 17.4. The first-order chi connectivity index (χ1) is 22.3. The summed E-state index contributed by atoms with van der Waals surface area (Å²) in [5.41, 5.74) is 0.0882. The summed E-state index contributed by atoms with van der Waals surface area (Å²) in [6, 6.07) is 5.93. The second-order valence-electron chi connectivity index (χ2n) is 12.5. The van der Waals surface area contributed by atoms with Gasteiger partial charge in [0.1, 0.15) is 23.3 Å². The Labute approximate surface area is 275 Å². The van der Waals surface area contributed by atoms with Gasteiger partial charge >= 0.3 is 0 Å². The van der Waals surface area contributed by atoms with Gasteiger partial charge in [0.05, 0.1) is 39.7 Å². The van der Waals surface area contributed by atoms with Crippen LogP contribution in [-0.4, -0.2) is 64.1 Å². The number of halogens is 3. The van der Waals surface area contributed by atoms with Crippen LogP contribution in [0.1, 0.15) is 50.8 Å². The molecule has 4 heterocycles. The Morgan fingerprint density at radius 3 is 2.43 bits per heavy atom. The average Bonchev–Trinajstić information content (AvgIpc) is 3.03. The van der Waals surface area contributed by atoms with Crippen molar-refractivity contribution >= 4 is 45.7 Å². The number of anilines is 2. The van der Waals surface area contributed by atoms with E-state index in [1.54, 1.807) is 17.2 Å². The summed E-state index contributed by atoms with van der Waals surface area (Å²) in [7, 11) is 1.48. The summed E-state index contributed by atoms with van der Waals surface area (Å²) < 4.78 is 34.0. The molecular formula is C35H34ClF2N5O4. The second kappa shape index (κ2) is 11.8. The first kappa shape index (κ1) is 32.2. The number of rotatable bonds is 5. The highest BCUT2D eigenvalue weighted by atomic mass is 35.5. The van der Waals surface area contributed by atoms with Gasteiger partial charge < -0.3 is 19.8 Å². The number of aromatic hydroxyl groups is 1. The summed E-state index contributed by atoms with van der Waals surface area (Å²) in [5, 5.41) is 10.7. The zero-order valence-electron chi connectivity index (χ0n) is 26.6. The minimum Gasteiger partial charge on any atom is -0.507 e. The van der Waals surface area contributed by atoms with Crippen LogP contribution in [0.5, 0.6) is 5.75 Å². The van der Waals surface area contributed by atoms with Gasteiger partial charge in [-0.05, 0) is 47.7 Å². The number of hydrogen-bond donors (Lipinski definition) is 1. The van der Waals surface area contributed by atoms with E-state index in [1.807, 2.05) is 27.7 Å². The molecule has 0 radical (unpaired) electrons. The van der Waals surface area contributed by atoms with E-state index in [9.17, 15) is 19.5 Å². The van der Waals surface area contributed by atoms with Gasteiger partial charge in [0, 0.05) is 37.3 Å². The molecule has 1 atom stereocenters. The Bertz CT molecular complexity index is 2010. The van der Waals surface area contributed by atoms with Gasteiger partial charge in [0.2, 0.25) is 5.91 Å². The summed E-state index contributed by atoms with van der Waals surface area (Å²) in [6.07, 6.45) is 2.82. The molecule has 4 aromatic rings. The third-order valence-corrected chi connectivity index (χ3v) is 9.32. The lowest BCUT2D eigenvalue weighted by atomic mass is 9.94. The number of carbonyl (C=O) groups excluding carboxylic acids is 2. The number of piperazine rings is 1. The van der Waals surface area contributed by atoms with Crippen LogP contribution in [0.4, 0.5) is 20.2 Å². The van der Waals surface area contributed by atoms with E-state index in [0.29, 0.717) is 16.9 Å². The van der Waals surface area contributed by atoms with E-state index >= 15 is 8.78 Å². The number of hydrogen-bond acceptors (Lipinski definition) is 6. The first-order valence-corrected chi connectivity index (χ1v) is 15.7. The van der Waals surface area contributed by atoms with Crippen molar-refractivity contribution in [2.24, 2.45) is 0 Å². The summed E-state index contributed by atoms with van der Waals surface area (Å²) >= 11 is 6.77. The lowest BCUT2D eigenvalue weighted by molar-refractivity contribution is -0.128. The second-order valence-corrected chi connectivity index (χ2v) is 12.9. The predicted molar refractivity (Wildman–Crippen MR) is 179 cm³/mol. The van der Waals surface area contributed by atoms with Gasteiger partial charge in [-0.15, -0.1) is 0 Å². The highest BCUT2D eigenvalue weighted by Gasteiger charge is 2.44. The quantitative estimate of drug-likeness (QED) is 0.259. The summed E-state index contributed by atoms with van der Waals surface area (Å²) in [5.74, 6) is -3.55. The molecule has 1 N–H and O–H groups in total. The zero-order chi connectivity index (χ0) is 34.1. The smallest absolute Gasteiger partial charge is 0.281 e. The molecule has 1 fully saturated rings. The van der Waals surface area contributed by atoms with Crippen LogP contribution in [0.25, 0.3) is 27.7 Å². The molecule has 6 rings (SSSR count). The van der Waals surface area contributed by atoms with E-state index < -0.39 is 46.0 Å². The van der Waals surface area contributed by atoms with Crippen LogP contribution in [0.2, 0.25) is 5.02 Å². The Morgan fingerprint density at radius 2 is 1.79 bits per heavy atom. The molecule has 0 unspecified atom stereocenters. The van der Waals surface area contributed by atoms with Crippen LogP contribution in [0.15, 0.2) is 54.0 Å². The Hall–Kier alpha value is -4.77. The third kappa shape index (κ3) is 4.86. The van der Waals surface area contributed by atoms with Crippen molar-refractivity contribution in [1.29, 1.82) is 0 Å². The van der Waals surface area contributed by atoms with Crippen molar-refractivity contribution in [2.75, 3.05) is 36.5 Å². The molecule has 0 saturated carbocycles. The number of fused-ring (bicyclic) bond motifs is 5. The van der Waals surface area contributed by atoms with Gasteiger partial charge in [-0.25, -0.2) is 8.78 Å². The Kier molecular flexibility index (Phi) is 8.07. The number of aromatic nitrogens is 2. The lowest BCUT2D eigenvalue weighted by Crippen LogP contribution is -2.63. The van der Waals surface area contributed by atoms with Crippen LogP contribution in [0, 0.1) is 11.6 Å². The number of pyridine rings is 2. The third-order valence-electron chi connectivity index (χ3n) is 9.02. The SMILES string of the molecule is C=CC(=O)N1CCN2c3c(c(=O)n(-c4c(C(C)C)ccnc4C(C)C)c4c(F)c(-c5c(O)cccc5F)c(Cl)cc34)N(C)C(=O)[C@H]2C1. The molecule has 47 heavy (non-hydrogen) atoms. The van der Waals surface area contributed by atoms with Crippen molar-refractivity contribution < 1.29 is 23.5 Å². The Balaban J connectivity index is 1.81. The largest absolute Gasteiger partial charge is 0.507 e. The maximum Gasteiger partial charge on any atom is 0.281 e. The van der Waals surface area contributed by atoms with Gasteiger partial charge in [-0.3, -0.25) is 23.9 Å².